The summed E-state index contributed by atoms with van der Waals surface area (Å²) in [5.74, 6) is 5.50. The minimum absolute atomic E-state index is 0.00297. The van der Waals surface area contributed by atoms with Crippen molar-refractivity contribution in [3.05, 3.63) is 34.9 Å². The lowest BCUT2D eigenvalue weighted by Gasteiger charge is -2.22. The highest BCUT2D eigenvalue weighted by atomic mass is 16.5. The molecule has 0 unspecified atom stereocenters. The third-order valence-corrected chi connectivity index (χ3v) is 3.49. The Labute approximate surface area is 125 Å². The number of methoxy groups -OCH3 is 1. The lowest BCUT2D eigenvalue weighted by atomic mass is 10.0. The first-order chi connectivity index (χ1) is 10.2. The number of aryl methyl sites for hydroxylation is 1. The Hall–Kier alpha value is -1.83. The molecule has 0 aromatic heterocycles. The van der Waals surface area contributed by atoms with Crippen LogP contribution in [-0.2, 0) is 4.74 Å². The molecule has 1 aromatic carbocycles. The number of amides is 1. The predicted molar refractivity (Wildman–Crippen MR) is 81.1 cm³/mol. The number of hydrogen-bond acceptors (Lipinski definition) is 3. The van der Waals surface area contributed by atoms with Gasteiger partial charge in [-0.1, -0.05) is 17.9 Å². The standard InChI is InChI=1S/C17H21NO3/c1-13-5-8-16(14(12-13)4-3-10-19)17(20)18(9-11-21-2)15-6-7-15/h5,8,12,15,19H,6-7,9-11H2,1-2H3. The zero-order valence-electron chi connectivity index (χ0n) is 12.6. The van der Waals surface area contributed by atoms with Gasteiger partial charge >= 0.3 is 0 Å². The molecule has 0 heterocycles. The molecule has 4 nitrogen and oxygen atoms in total. The first-order valence-corrected chi connectivity index (χ1v) is 7.17. The van der Waals surface area contributed by atoms with E-state index in [1.54, 1.807) is 7.11 Å². The van der Waals surface area contributed by atoms with Crippen LogP contribution in [0.4, 0.5) is 0 Å². The summed E-state index contributed by atoms with van der Waals surface area (Å²) < 4.78 is 5.10. The van der Waals surface area contributed by atoms with Gasteiger partial charge in [0.05, 0.1) is 12.2 Å². The van der Waals surface area contributed by atoms with Gasteiger partial charge in [0.15, 0.2) is 0 Å². The maximum absolute atomic E-state index is 12.8. The molecule has 0 bridgehead atoms. The summed E-state index contributed by atoms with van der Waals surface area (Å²) in [6.07, 6.45) is 2.11. The lowest BCUT2D eigenvalue weighted by molar-refractivity contribution is 0.0680. The Morgan fingerprint density at radius 3 is 2.86 bits per heavy atom. The average Bonchev–Trinajstić information content (AvgIpc) is 3.30. The Bertz CT molecular complexity index is 567. The van der Waals surface area contributed by atoms with Crippen molar-refractivity contribution >= 4 is 5.91 Å². The molecule has 1 amide bonds. The van der Waals surface area contributed by atoms with Crippen LogP contribution in [0.1, 0.15) is 34.3 Å². The van der Waals surface area contributed by atoms with Gasteiger partial charge in [0, 0.05) is 25.3 Å². The van der Waals surface area contributed by atoms with E-state index in [2.05, 4.69) is 11.8 Å². The van der Waals surface area contributed by atoms with Crippen molar-refractivity contribution in [2.45, 2.75) is 25.8 Å². The lowest BCUT2D eigenvalue weighted by Crippen LogP contribution is -2.36. The smallest absolute Gasteiger partial charge is 0.255 e. The van der Waals surface area contributed by atoms with Crippen molar-refractivity contribution in [3.8, 4) is 11.8 Å². The predicted octanol–water partition coefficient (Wildman–Crippen LogP) is 1.59. The van der Waals surface area contributed by atoms with Crippen molar-refractivity contribution in [2.24, 2.45) is 0 Å². The first-order valence-electron chi connectivity index (χ1n) is 7.17. The third-order valence-electron chi connectivity index (χ3n) is 3.49. The van der Waals surface area contributed by atoms with E-state index < -0.39 is 0 Å². The molecular formula is C17H21NO3. The van der Waals surface area contributed by atoms with Crippen LogP contribution in [0.5, 0.6) is 0 Å². The molecule has 4 heteroatoms. The van der Waals surface area contributed by atoms with Crippen molar-refractivity contribution in [1.82, 2.24) is 4.90 Å². The van der Waals surface area contributed by atoms with Gasteiger partial charge in [-0.25, -0.2) is 0 Å². The summed E-state index contributed by atoms with van der Waals surface area (Å²) in [6.45, 7) is 2.88. The highest BCUT2D eigenvalue weighted by Crippen LogP contribution is 2.28. The van der Waals surface area contributed by atoms with Gasteiger partial charge in [-0.2, -0.15) is 0 Å². The van der Waals surface area contributed by atoms with Gasteiger partial charge in [-0.3, -0.25) is 4.79 Å². The van der Waals surface area contributed by atoms with Crippen LogP contribution in [0, 0.1) is 18.8 Å². The molecule has 1 aliphatic carbocycles. The van der Waals surface area contributed by atoms with Gasteiger partial charge in [0.2, 0.25) is 0 Å². The average molecular weight is 287 g/mol. The van der Waals surface area contributed by atoms with Crippen molar-refractivity contribution in [3.63, 3.8) is 0 Å². The third kappa shape index (κ3) is 4.07. The van der Waals surface area contributed by atoms with Crippen LogP contribution in [0.15, 0.2) is 18.2 Å². The molecule has 0 atom stereocenters. The Morgan fingerprint density at radius 2 is 2.24 bits per heavy atom. The van der Waals surface area contributed by atoms with Gasteiger partial charge in [-0.05, 0) is 37.5 Å². The van der Waals surface area contributed by atoms with Crippen molar-refractivity contribution in [2.75, 3.05) is 26.9 Å². The molecule has 112 valence electrons. The van der Waals surface area contributed by atoms with E-state index in [1.165, 1.54) is 0 Å². The minimum Gasteiger partial charge on any atom is -0.384 e. The summed E-state index contributed by atoms with van der Waals surface area (Å²) in [4.78, 5) is 14.6. The summed E-state index contributed by atoms with van der Waals surface area (Å²) in [7, 11) is 1.64. The van der Waals surface area contributed by atoms with Crippen LogP contribution in [0.3, 0.4) is 0 Å². The second kappa shape index (κ2) is 7.26. The van der Waals surface area contributed by atoms with Gasteiger partial charge < -0.3 is 14.7 Å². The quantitative estimate of drug-likeness (QED) is 0.837. The highest BCUT2D eigenvalue weighted by Gasteiger charge is 2.33. The number of carbonyl (C=O) groups is 1. The van der Waals surface area contributed by atoms with Crippen LogP contribution in [-0.4, -0.2) is 48.8 Å². The number of benzene rings is 1. The van der Waals surface area contributed by atoms with E-state index in [-0.39, 0.29) is 12.5 Å². The molecule has 1 saturated carbocycles. The minimum atomic E-state index is -0.211. The molecule has 1 N–H and O–H groups in total. The zero-order valence-corrected chi connectivity index (χ0v) is 12.6. The van der Waals surface area contributed by atoms with E-state index in [4.69, 9.17) is 9.84 Å². The number of rotatable bonds is 5. The summed E-state index contributed by atoms with van der Waals surface area (Å²) in [5, 5.41) is 8.86. The fourth-order valence-corrected chi connectivity index (χ4v) is 2.26. The molecule has 1 aliphatic rings. The molecule has 0 spiro atoms. The normalized spacial score (nSPS) is 13.5. The number of aliphatic hydroxyl groups is 1. The second-order valence-electron chi connectivity index (χ2n) is 5.23. The molecule has 1 fully saturated rings. The molecule has 0 radical (unpaired) electrons. The number of ether oxygens (including phenoxy) is 1. The molecule has 21 heavy (non-hydrogen) atoms. The van der Waals surface area contributed by atoms with Gasteiger partial charge in [0.1, 0.15) is 6.61 Å². The van der Waals surface area contributed by atoms with Crippen LogP contribution >= 0.6 is 0 Å². The summed E-state index contributed by atoms with van der Waals surface area (Å²) in [5.41, 5.74) is 2.32. The molecule has 0 aliphatic heterocycles. The van der Waals surface area contributed by atoms with Gasteiger partial charge in [0.25, 0.3) is 5.91 Å². The maximum Gasteiger partial charge on any atom is 0.255 e. The molecule has 0 saturated heterocycles. The fourth-order valence-electron chi connectivity index (χ4n) is 2.26. The maximum atomic E-state index is 12.8. The number of carbonyl (C=O) groups excluding carboxylic acids is 1. The largest absolute Gasteiger partial charge is 0.384 e. The van der Waals surface area contributed by atoms with Crippen LogP contribution < -0.4 is 0 Å². The van der Waals surface area contributed by atoms with Crippen molar-refractivity contribution in [1.29, 1.82) is 0 Å². The zero-order chi connectivity index (χ0) is 15.2. The SMILES string of the molecule is COCCN(C(=O)c1ccc(C)cc1C#CCO)C1CC1. The Balaban J connectivity index is 2.28. The second-order valence-corrected chi connectivity index (χ2v) is 5.23. The van der Waals surface area contributed by atoms with E-state index >= 15 is 0 Å². The van der Waals surface area contributed by atoms with E-state index in [9.17, 15) is 4.79 Å². The number of hydrogen-bond donors (Lipinski definition) is 1. The summed E-state index contributed by atoms with van der Waals surface area (Å²) in [6, 6.07) is 5.95. The molecule has 2 rings (SSSR count). The molecule has 1 aromatic rings. The molecular weight excluding hydrogens is 266 g/mol. The Kier molecular flexibility index (Phi) is 5.38. The van der Waals surface area contributed by atoms with E-state index in [1.807, 2.05) is 30.0 Å². The van der Waals surface area contributed by atoms with Crippen LogP contribution in [0.2, 0.25) is 0 Å². The van der Waals surface area contributed by atoms with Gasteiger partial charge in [-0.15, -0.1) is 0 Å². The number of nitrogens with zero attached hydrogens (tertiary/aromatic N) is 1. The van der Waals surface area contributed by atoms with Crippen LogP contribution in [0.25, 0.3) is 0 Å². The van der Waals surface area contributed by atoms with E-state index in [0.29, 0.717) is 30.3 Å². The Morgan fingerprint density at radius 1 is 1.48 bits per heavy atom. The highest BCUT2D eigenvalue weighted by molar-refractivity contribution is 5.97. The summed E-state index contributed by atoms with van der Waals surface area (Å²) >= 11 is 0. The van der Waals surface area contributed by atoms with Crippen molar-refractivity contribution < 1.29 is 14.6 Å². The monoisotopic (exact) mass is 287 g/mol. The first kappa shape index (κ1) is 15.6. The number of aliphatic hydroxyl groups excluding tert-OH is 1. The van der Waals surface area contributed by atoms with E-state index in [0.717, 1.165) is 18.4 Å². The fraction of sp³-hybridized carbons (Fsp3) is 0.471. The topological polar surface area (TPSA) is 49.8 Å².